The van der Waals surface area contributed by atoms with Crippen LogP contribution >= 0.6 is 11.3 Å². The summed E-state index contributed by atoms with van der Waals surface area (Å²) < 4.78 is 0. The summed E-state index contributed by atoms with van der Waals surface area (Å²) in [5, 5.41) is 3.14. The summed E-state index contributed by atoms with van der Waals surface area (Å²) in [7, 11) is 0. The summed E-state index contributed by atoms with van der Waals surface area (Å²) in [6.45, 7) is 2.67. The summed E-state index contributed by atoms with van der Waals surface area (Å²) >= 11 is 1.62. The maximum Gasteiger partial charge on any atom is 0.223 e. The number of nitrogens with one attached hydrogen (secondary N) is 1. The van der Waals surface area contributed by atoms with E-state index in [0.717, 1.165) is 12.2 Å². The third kappa shape index (κ3) is 2.26. The molecule has 0 aromatic carbocycles. The van der Waals surface area contributed by atoms with Crippen LogP contribution in [0, 0.1) is 6.92 Å². The second-order valence-corrected chi connectivity index (χ2v) is 3.81. The smallest absolute Gasteiger partial charge is 0.223 e. The van der Waals surface area contributed by atoms with Crippen molar-refractivity contribution in [1.82, 2.24) is 15.0 Å². The fraction of sp³-hybridized carbons (Fsp3) is 0.222. The molecular weight excluding hydrogens is 196 g/mol. The van der Waals surface area contributed by atoms with E-state index in [2.05, 4.69) is 20.3 Å². The van der Waals surface area contributed by atoms with Crippen molar-refractivity contribution in [3.8, 4) is 0 Å². The Bertz CT molecular complexity index is 399. The Kier molecular flexibility index (Phi) is 2.69. The van der Waals surface area contributed by atoms with E-state index in [1.54, 1.807) is 17.5 Å². The normalized spacial score (nSPS) is 10.1. The predicted molar refractivity (Wildman–Crippen MR) is 56.2 cm³/mol. The molecule has 0 spiro atoms. The van der Waals surface area contributed by atoms with Crippen LogP contribution in [0.1, 0.15) is 10.6 Å². The van der Waals surface area contributed by atoms with E-state index in [9.17, 15) is 0 Å². The fourth-order valence-corrected chi connectivity index (χ4v) is 1.56. The van der Waals surface area contributed by atoms with Gasteiger partial charge in [0.05, 0.1) is 12.1 Å². The van der Waals surface area contributed by atoms with Gasteiger partial charge in [-0.15, -0.1) is 11.3 Å². The maximum atomic E-state index is 4.23. The van der Waals surface area contributed by atoms with Gasteiger partial charge in [0.25, 0.3) is 0 Å². The van der Waals surface area contributed by atoms with Crippen LogP contribution in [0.2, 0.25) is 0 Å². The van der Waals surface area contributed by atoms with Crippen LogP contribution in [0.5, 0.6) is 0 Å². The van der Waals surface area contributed by atoms with Crippen LogP contribution in [0.25, 0.3) is 0 Å². The molecule has 0 aliphatic carbocycles. The molecule has 0 radical (unpaired) electrons. The first-order valence-corrected chi connectivity index (χ1v) is 5.13. The van der Waals surface area contributed by atoms with E-state index < -0.39 is 0 Å². The summed E-state index contributed by atoms with van der Waals surface area (Å²) in [6, 6.07) is 1.87. The molecule has 2 rings (SSSR count). The lowest BCUT2D eigenvalue weighted by molar-refractivity contribution is 1.04. The van der Waals surface area contributed by atoms with Crippen molar-refractivity contribution >= 4 is 17.3 Å². The zero-order chi connectivity index (χ0) is 9.80. The van der Waals surface area contributed by atoms with Crippen molar-refractivity contribution in [2.75, 3.05) is 5.32 Å². The lowest BCUT2D eigenvalue weighted by Crippen LogP contribution is -2.02. The minimum Gasteiger partial charge on any atom is -0.349 e. The second-order valence-electron chi connectivity index (χ2n) is 2.84. The zero-order valence-corrected chi connectivity index (χ0v) is 8.58. The van der Waals surface area contributed by atoms with Gasteiger partial charge in [-0.3, -0.25) is 4.98 Å². The van der Waals surface area contributed by atoms with Crippen molar-refractivity contribution in [2.24, 2.45) is 0 Å². The molecule has 1 N–H and O–H groups in total. The van der Waals surface area contributed by atoms with E-state index in [4.69, 9.17) is 0 Å². The lowest BCUT2D eigenvalue weighted by Gasteiger charge is -2.02. The molecule has 0 aliphatic rings. The number of thiazole rings is 1. The van der Waals surface area contributed by atoms with E-state index in [0.29, 0.717) is 5.95 Å². The third-order valence-electron chi connectivity index (χ3n) is 1.70. The first-order valence-electron chi connectivity index (χ1n) is 4.25. The van der Waals surface area contributed by atoms with E-state index in [1.807, 2.05) is 24.7 Å². The van der Waals surface area contributed by atoms with Gasteiger partial charge >= 0.3 is 0 Å². The minimum absolute atomic E-state index is 0.665. The molecule has 0 unspecified atom stereocenters. The first-order chi connectivity index (χ1) is 6.84. The highest BCUT2D eigenvalue weighted by molar-refractivity contribution is 7.09. The summed E-state index contributed by atoms with van der Waals surface area (Å²) in [5.41, 5.74) is 2.78. The third-order valence-corrected chi connectivity index (χ3v) is 2.48. The molecule has 72 valence electrons. The number of rotatable bonds is 3. The van der Waals surface area contributed by atoms with Crippen LogP contribution in [-0.4, -0.2) is 15.0 Å². The van der Waals surface area contributed by atoms with Gasteiger partial charge in [-0.2, -0.15) is 0 Å². The number of aromatic nitrogens is 3. The second kappa shape index (κ2) is 4.15. The summed E-state index contributed by atoms with van der Waals surface area (Å²) in [4.78, 5) is 13.5. The average molecular weight is 206 g/mol. The molecule has 2 heterocycles. The number of hydrogen-bond acceptors (Lipinski definition) is 5. The largest absolute Gasteiger partial charge is 0.349 e. The van der Waals surface area contributed by atoms with Gasteiger partial charge < -0.3 is 5.32 Å². The first kappa shape index (κ1) is 9.08. The maximum absolute atomic E-state index is 4.23. The molecule has 5 heteroatoms. The van der Waals surface area contributed by atoms with Crippen molar-refractivity contribution < 1.29 is 0 Å². The molecule has 0 saturated heterocycles. The molecule has 4 nitrogen and oxygen atoms in total. The van der Waals surface area contributed by atoms with Gasteiger partial charge in [0.15, 0.2) is 0 Å². The van der Waals surface area contributed by atoms with Crippen molar-refractivity contribution in [2.45, 2.75) is 13.5 Å². The van der Waals surface area contributed by atoms with Gasteiger partial charge in [-0.25, -0.2) is 9.97 Å². The Hall–Kier alpha value is -1.49. The van der Waals surface area contributed by atoms with Crippen molar-refractivity contribution in [1.29, 1.82) is 0 Å². The number of hydrogen-bond donors (Lipinski definition) is 1. The van der Waals surface area contributed by atoms with Gasteiger partial charge in [-0.1, -0.05) is 0 Å². The Morgan fingerprint density at radius 2 is 2.43 bits per heavy atom. The Balaban J connectivity index is 1.98. The van der Waals surface area contributed by atoms with Crippen LogP contribution in [0.4, 0.5) is 5.95 Å². The Morgan fingerprint density at radius 1 is 1.50 bits per heavy atom. The molecule has 14 heavy (non-hydrogen) atoms. The van der Waals surface area contributed by atoms with E-state index >= 15 is 0 Å². The quantitative estimate of drug-likeness (QED) is 0.832. The zero-order valence-electron chi connectivity index (χ0n) is 7.77. The molecule has 2 aromatic heterocycles. The molecule has 0 atom stereocenters. The van der Waals surface area contributed by atoms with Gasteiger partial charge in [0.1, 0.15) is 0 Å². The van der Waals surface area contributed by atoms with E-state index in [1.165, 1.54) is 4.88 Å². The van der Waals surface area contributed by atoms with Crippen LogP contribution in [0.3, 0.4) is 0 Å². The monoisotopic (exact) mass is 206 g/mol. The fourth-order valence-electron chi connectivity index (χ4n) is 1.03. The molecular formula is C9H10N4S. The van der Waals surface area contributed by atoms with Gasteiger partial charge in [0, 0.05) is 23.0 Å². The van der Waals surface area contributed by atoms with Gasteiger partial charge in [0.2, 0.25) is 5.95 Å². The Morgan fingerprint density at radius 3 is 3.14 bits per heavy atom. The van der Waals surface area contributed by atoms with Crippen molar-refractivity contribution in [3.63, 3.8) is 0 Å². The van der Waals surface area contributed by atoms with Crippen LogP contribution < -0.4 is 5.32 Å². The molecule has 0 fully saturated rings. The topological polar surface area (TPSA) is 50.7 Å². The number of nitrogens with zero attached hydrogens (tertiary/aromatic N) is 3. The minimum atomic E-state index is 0.665. The lowest BCUT2D eigenvalue weighted by atomic mass is 10.4. The number of anilines is 1. The van der Waals surface area contributed by atoms with Crippen LogP contribution in [0.15, 0.2) is 24.0 Å². The average Bonchev–Trinajstić information content (AvgIpc) is 2.67. The highest BCUT2D eigenvalue weighted by Crippen LogP contribution is 2.07. The standard InChI is InChI=1S/C9H10N4S/c1-7-2-3-11-9(13-7)12-5-8-4-10-6-14-8/h2-4,6H,5H2,1H3,(H,11,12,13). The molecule has 0 amide bonds. The number of aryl methyl sites for hydroxylation is 1. The predicted octanol–water partition coefficient (Wildman–Crippen LogP) is 1.85. The highest BCUT2D eigenvalue weighted by Gasteiger charge is 1.97. The van der Waals surface area contributed by atoms with E-state index in [-0.39, 0.29) is 0 Å². The molecule has 0 aliphatic heterocycles. The molecule has 2 aromatic rings. The SMILES string of the molecule is Cc1ccnc(NCc2cncs2)n1. The van der Waals surface area contributed by atoms with Gasteiger partial charge in [-0.05, 0) is 13.0 Å². The highest BCUT2D eigenvalue weighted by atomic mass is 32.1. The Labute approximate surface area is 86.1 Å². The van der Waals surface area contributed by atoms with Crippen LogP contribution in [-0.2, 0) is 6.54 Å². The summed E-state index contributed by atoms with van der Waals surface area (Å²) in [6.07, 6.45) is 3.59. The molecule has 0 saturated carbocycles. The molecule has 0 bridgehead atoms. The van der Waals surface area contributed by atoms with Crippen molar-refractivity contribution in [3.05, 3.63) is 34.5 Å². The summed E-state index contributed by atoms with van der Waals surface area (Å²) in [5.74, 6) is 0.665.